The zero-order valence-corrected chi connectivity index (χ0v) is 23.2. The molecule has 0 unspecified atom stereocenters. The zero-order valence-electron chi connectivity index (χ0n) is 23.2. The van der Waals surface area contributed by atoms with Crippen LogP contribution in [0.25, 0.3) is 0 Å². The molecule has 2 aromatic rings. The molecule has 220 valence electrons. The van der Waals surface area contributed by atoms with Gasteiger partial charge in [-0.15, -0.1) is 0 Å². The number of hydrogen-bond acceptors (Lipinski definition) is 6. The molecule has 1 fully saturated rings. The third-order valence-corrected chi connectivity index (χ3v) is 7.21. The minimum Gasteiger partial charge on any atom is -0.497 e. The fraction of sp³-hybridized carbons (Fsp3) is 0.414. The van der Waals surface area contributed by atoms with Crippen LogP contribution in [0.4, 0.5) is 18.0 Å². The van der Waals surface area contributed by atoms with Crippen molar-refractivity contribution >= 4 is 17.9 Å². The van der Waals surface area contributed by atoms with E-state index in [-0.39, 0.29) is 24.6 Å². The fourth-order valence-electron chi connectivity index (χ4n) is 5.00. The zero-order chi connectivity index (χ0) is 29.7. The van der Waals surface area contributed by atoms with E-state index in [1.54, 1.807) is 36.1 Å². The van der Waals surface area contributed by atoms with Gasteiger partial charge in [0.25, 0.3) is 5.91 Å². The summed E-state index contributed by atoms with van der Waals surface area (Å²) in [5, 5.41) is 2.72. The van der Waals surface area contributed by atoms with Crippen LogP contribution in [0, 0.1) is 0 Å². The highest BCUT2D eigenvalue weighted by atomic mass is 19.4. The number of rotatable bonds is 7. The summed E-state index contributed by atoms with van der Waals surface area (Å²) in [6, 6.07) is 9.82. The topological polar surface area (TPSA) is 91.4 Å². The van der Waals surface area contributed by atoms with Gasteiger partial charge >= 0.3 is 18.2 Å². The Balaban J connectivity index is 1.59. The maximum absolute atomic E-state index is 13.2. The molecule has 3 amide bonds. The van der Waals surface area contributed by atoms with Crippen LogP contribution in [-0.2, 0) is 15.7 Å². The lowest BCUT2D eigenvalue weighted by molar-refractivity contribution is -0.139. The summed E-state index contributed by atoms with van der Waals surface area (Å²) in [6.07, 6.45) is -3.86. The van der Waals surface area contributed by atoms with Crippen LogP contribution in [0.15, 0.2) is 59.8 Å². The molecule has 0 radical (unpaired) electrons. The molecule has 1 saturated heterocycles. The van der Waals surface area contributed by atoms with Gasteiger partial charge in [-0.05, 0) is 49.2 Å². The molecule has 12 heteroatoms. The van der Waals surface area contributed by atoms with Gasteiger partial charge in [0.2, 0.25) is 0 Å². The first-order valence-corrected chi connectivity index (χ1v) is 13.3. The minimum absolute atomic E-state index is 0.0814. The highest BCUT2D eigenvalue weighted by Crippen LogP contribution is 2.34. The van der Waals surface area contributed by atoms with Crippen LogP contribution in [0.3, 0.4) is 0 Å². The summed E-state index contributed by atoms with van der Waals surface area (Å²) in [7, 11) is 3.07. The molecule has 4 rings (SSSR count). The van der Waals surface area contributed by atoms with Crippen molar-refractivity contribution in [2.75, 3.05) is 53.5 Å². The number of urea groups is 1. The van der Waals surface area contributed by atoms with E-state index in [0.29, 0.717) is 55.2 Å². The maximum Gasteiger partial charge on any atom is 0.416 e. The molecule has 0 aromatic heterocycles. The van der Waals surface area contributed by atoms with Crippen molar-refractivity contribution in [2.45, 2.75) is 25.6 Å². The van der Waals surface area contributed by atoms with E-state index in [1.165, 1.54) is 31.2 Å². The summed E-state index contributed by atoms with van der Waals surface area (Å²) in [5.74, 6) is -0.190. The summed E-state index contributed by atoms with van der Waals surface area (Å²) in [4.78, 5) is 44.5. The molecule has 1 N–H and O–H groups in total. The van der Waals surface area contributed by atoms with Crippen molar-refractivity contribution in [1.82, 2.24) is 20.0 Å². The fourth-order valence-corrected chi connectivity index (χ4v) is 5.00. The van der Waals surface area contributed by atoms with Gasteiger partial charge in [0.15, 0.2) is 0 Å². The third-order valence-electron chi connectivity index (χ3n) is 7.21. The number of nitrogens with zero attached hydrogens (tertiary/aromatic N) is 3. The van der Waals surface area contributed by atoms with E-state index < -0.39 is 29.8 Å². The minimum atomic E-state index is -4.52. The van der Waals surface area contributed by atoms with Crippen LogP contribution in [0.5, 0.6) is 5.75 Å². The molecule has 0 bridgehead atoms. The number of benzene rings is 2. The highest BCUT2D eigenvalue weighted by Gasteiger charge is 2.38. The van der Waals surface area contributed by atoms with Crippen molar-refractivity contribution in [3.8, 4) is 5.75 Å². The van der Waals surface area contributed by atoms with E-state index >= 15 is 0 Å². The number of alkyl halides is 3. The predicted molar refractivity (Wildman–Crippen MR) is 144 cm³/mol. The van der Waals surface area contributed by atoms with Gasteiger partial charge in [-0.1, -0.05) is 18.2 Å². The van der Waals surface area contributed by atoms with Crippen LogP contribution >= 0.6 is 0 Å². The number of likely N-dealkylation sites (N-methyl/N-ethyl adjacent to an activating group) is 1. The number of carbonyl (C=O) groups excluding carboxylic acids is 3. The van der Waals surface area contributed by atoms with Gasteiger partial charge < -0.3 is 19.7 Å². The van der Waals surface area contributed by atoms with E-state index in [0.717, 1.165) is 12.1 Å². The second kappa shape index (κ2) is 12.6. The van der Waals surface area contributed by atoms with Crippen molar-refractivity contribution < 1.29 is 37.0 Å². The molecule has 0 spiro atoms. The Morgan fingerprint density at radius 2 is 1.78 bits per heavy atom. The first-order chi connectivity index (χ1) is 19.5. The van der Waals surface area contributed by atoms with Crippen LogP contribution in [-0.4, -0.2) is 86.1 Å². The molecule has 0 saturated carbocycles. The third kappa shape index (κ3) is 6.82. The van der Waals surface area contributed by atoms with Crippen molar-refractivity contribution in [2.24, 2.45) is 0 Å². The van der Waals surface area contributed by atoms with E-state index in [2.05, 4.69) is 5.32 Å². The summed E-state index contributed by atoms with van der Waals surface area (Å²) >= 11 is 0. The number of ether oxygens (including phenoxy) is 2. The first-order valence-electron chi connectivity index (χ1n) is 13.3. The SMILES string of the molecule is CCOC(=O)C1=C(CN2CCCN(C(=O)c3cccc(OC)c3)CC2)N(C)C(=O)N[C@H]1c1ccc(C(F)(F)F)cc1. The number of hydrogen-bond donors (Lipinski definition) is 1. The first kappa shape index (κ1) is 29.9. The lowest BCUT2D eigenvalue weighted by Gasteiger charge is -2.36. The lowest BCUT2D eigenvalue weighted by Crippen LogP contribution is -2.49. The highest BCUT2D eigenvalue weighted by molar-refractivity contribution is 5.95. The number of amides is 3. The van der Waals surface area contributed by atoms with E-state index in [9.17, 15) is 27.6 Å². The monoisotopic (exact) mass is 574 g/mol. The maximum atomic E-state index is 13.2. The Labute approximate surface area is 236 Å². The second-order valence-electron chi connectivity index (χ2n) is 9.80. The van der Waals surface area contributed by atoms with Crippen molar-refractivity contribution in [3.05, 3.63) is 76.5 Å². The Kier molecular flexibility index (Phi) is 9.21. The van der Waals surface area contributed by atoms with Crippen molar-refractivity contribution in [3.63, 3.8) is 0 Å². The molecule has 2 heterocycles. The second-order valence-corrected chi connectivity index (χ2v) is 9.80. The molecule has 2 aliphatic rings. The van der Waals surface area contributed by atoms with Gasteiger partial charge in [-0.25, -0.2) is 9.59 Å². The predicted octanol–water partition coefficient (Wildman–Crippen LogP) is 4.08. The molecule has 9 nitrogen and oxygen atoms in total. The standard InChI is InChI=1S/C29H33F3N4O5/c1-4-41-27(38)24-23(34(2)28(39)33-25(24)19-9-11-21(12-10-19)29(30,31)32)18-35-13-6-14-36(16-15-35)26(37)20-7-5-8-22(17-20)40-3/h5,7-12,17,25H,4,6,13-16,18H2,1-3H3,(H,33,39)/t25-/m0/s1. The molecule has 41 heavy (non-hydrogen) atoms. The molecule has 2 aromatic carbocycles. The number of carbonyl (C=O) groups is 3. The Bertz CT molecular complexity index is 1310. The molecular formula is C29H33F3N4O5. The molecular weight excluding hydrogens is 541 g/mol. The van der Waals surface area contributed by atoms with Gasteiger partial charge in [0.05, 0.1) is 30.9 Å². The molecule has 2 aliphatic heterocycles. The van der Waals surface area contributed by atoms with Crippen LogP contribution in [0.2, 0.25) is 0 Å². The van der Waals surface area contributed by atoms with E-state index in [1.807, 2.05) is 4.90 Å². The smallest absolute Gasteiger partial charge is 0.416 e. The van der Waals surface area contributed by atoms with Gasteiger partial charge in [0.1, 0.15) is 5.75 Å². The summed E-state index contributed by atoms with van der Waals surface area (Å²) in [6.45, 7) is 3.97. The Morgan fingerprint density at radius 3 is 2.44 bits per heavy atom. The van der Waals surface area contributed by atoms with Crippen molar-refractivity contribution in [1.29, 1.82) is 0 Å². The van der Waals surface area contributed by atoms with Crippen LogP contribution in [0.1, 0.15) is 40.9 Å². The van der Waals surface area contributed by atoms with Gasteiger partial charge in [-0.2, -0.15) is 13.2 Å². The summed E-state index contributed by atoms with van der Waals surface area (Å²) in [5.41, 5.74) is 0.561. The van der Waals surface area contributed by atoms with Gasteiger partial charge in [-0.3, -0.25) is 14.6 Å². The largest absolute Gasteiger partial charge is 0.497 e. The van der Waals surface area contributed by atoms with Crippen LogP contribution < -0.4 is 10.1 Å². The number of methoxy groups -OCH3 is 1. The van der Waals surface area contributed by atoms with E-state index in [4.69, 9.17) is 9.47 Å². The lowest BCUT2D eigenvalue weighted by atomic mass is 9.93. The normalized spacial score (nSPS) is 18.6. The Morgan fingerprint density at radius 1 is 1.05 bits per heavy atom. The quantitative estimate of drug-likeness (QED) is 0.502. The number of nitrogens with one attached hydrogen (secondary N) is 1. The Hall–Kier alpha value is -4.06. The summed E-state index contributed by atoms with van der Waals surface area (Å²) < 4.78 is 50.0. The molecule has 0 aliphatic carbocycles. The van der Waals surface area contributed by atoms with Gasteiger partial charge in [0, 0.05) is 51.0 Å². The average Bonchev–Trinajstić information content (AvgIpc) is 3.20. The number of esters is 1. The number of halogens is 3. The molecule has 1 atom stereocenters. The average molecular weight is 575 g/mol.